The van der Waals surface area contributed by atoms with Crippen LogP contribution in [0, 0.1) is 0 Å². The highest BCUT2D eigenvalue weighted by atomic mass is 16.5. The summed E-state index contributed by atoms with van der Waals surface area (Å²) in [6.45, 7) is 6.22. The fourth-order valence-corrected chi connectivity index (χ4v) is 3.55. The molecule has 0 unspecified atom stereocenters. The van der Waals surface area contributed by atoms with Crippen molar-refractivity contribution in [2.75, 3.05) is 39.9 Å². The molecule has 1 aliphatic rings. The highest BCUT2D eigenvalue weighted by Gasteiger charge is 2.17. The molecule has 0 atom stereocenters. The molecule has 0 aromatic heterocycles. The molecule has 2 aromatic carbocycles. The summed E-state index contributed by atoms with van der Waals surface area (Å²) in [5.41, 5.74) is 1.81. The number of carbonyl (C=O) groups is 1. The summed E-state index contributed by atoms with van der Waals surface area (Å²) in [5, 5.41) is 6.53. The molecule has 0 aliphatic carbocycles. The van der Waals surface area contributed by atoms with E-state index < -0.39 is 0 Å². The van der Waals surface area contributed by atoms with Crippen molar-refractivity contribution in [3.63, 3.8) is 0 Å². The molecule has 3 rings (SSSR count). The lowest BCUT2D eigenvalue weighted by atomic mass is 10.1. The Morgan fingerprint density at radius 1 is 0.969 bits per heavy atom. The van der Waals surface area contributed by atoms with Crippen LogP contribution in [0.1, 0.15) is 42.1 Å². The monoisotopic (exact) mass is 438 g/mol. The third-order valence-electron chi connectivity index (χ3n) is 5.33. The average Bonchev–Trinajstić information content (AvgIpc) is 2.86. The summed E-state index contributed by atoms with van der Waals surface area (Å²) in [6.07, 6.45) is 3.42. The minimum atomic E-state index is 0.131. The van der Waals surface area contributed by atoms with E-state index in [1.165, 1.54) is 6.42 Å². The Bertz CT molecular complexity index is 860. The fraction of sp³-hybridized carbons (Fsp3) is 0.440. The van der Waals surface area contributed by atoms with Crippen molar-refractivity contribution in [3.05, 3.63) is 59.7 Å². The lowest BCUT2D eigenvalue weighted by Gasteiger charge is -2.26. The van der Waals surface area contributed by atoms with Crippen molar-refractivity contribution in [1.29, 1.82) is 0 Å². The summed E-state index contributed by atoms with van der Waals surface area (Å²) >= 11 is 0. The molecule has 172 valence electrons. The minimum absolute atomic E-state index is 0.131. The molecule has 2 N–H and O–H groups in total. The summed E-state index contributed by atoms with van der Waals surface area (Å²) in [5.74, 6) is 2.47. The number of carbonyl (C=O) groups excluding carboxylic acids is 1. The SMILES string of the molecule is CCNC(=NCc1ccc(C(=O)N2CCCCC2)cc1)NCCOc1ccc(OC)cc1. The van der Waals surface area contributed by atoms with Crippen LogP contribution in [-0.2, 0) is 6.54 Å². The second kappa shape index (κ2) is 12.6. The van der Waals surface area contributed by atoms with E-state index >= 15 is 0 Å². The van der Waals surface area contributed by atoms with Crippen LogP contribution in [0.25, 0.3) is 0 Å². The van der Waals surface area contributed by atoms with Gasteiger partial charge in [0.25, 0.3) is 5.91 Å². The maximum absolute atomic E-state index is 12.6. The minimum Gasteiger partial charge on any atom is -0.497 e. The van der Waals surface area contributed by atoms with Gasteiger partial charge in [-0.2, -0.15) is 0 Å². The molecule has 0 saturated carbocycles. The van der Waals surface area contributed by atoms with E-state index in [4.69, 9.17) is 9.47 Å². The number of piperidine rings is 1. The third kappa shape index (κ3) is 7.18. The molecule has 1 saturated heterocycles. The Balaban J connectivity index is 1.46. The number of ether oxygens (including phenoxy) is 2. The lowest BCUT2D eigenvalue weighted by Crippen LogP contribution is -2.39. The zero-order valence-corrected chi connectivity index (χ0v) is 19.1. The van der Waals surface area contributed by atoms with Crippen LogP contribution in [0.15, 0.2) is 53.5 Å². The Hall–Kier alpha value is -3.22. The van der Waals surface area contributed by atoms with Gasteiger partial charge in [0.15, 0.2) is 5.96 Å². The molecular weight excluding hydrogens is 404 g/mol. The van der Waals surface area contributed by atoms with Crippen molar-refractivity contribution in [1.82, 2.24) is 15.5 Å². The Morgan fingerprint density at radius 3 is 2.31 bits per heavy atom. The number of rotatable bonds is 9. The summed E-state index contributed by atoms with van der Waals surface area (Å²) < 4.78 is 10.9. The van der Waals surface area contributed by atoms with Gasteiger partial charge in [0, 0.05) is 25.2 Å². The molecule has 1 amide bonds. The molecule has 7 heteroatoms. The number of methoxy groups -OCH3 is 1. The van der Waals surface area contributed by atoms with Gasteiger partial charge in [0.2, 0.25) is 0 Å². The van der Waals surface area contributed by atoms with E-state index in [-0.39, 0.29) is 5.91 Å². The van der Waals surface area contributed by atoms with E-state index in [0.717, 1.165) is 61.1 Å². The van der Waals surface area contributed by atoms with Gasteiger partial charge in [-0.05, 0) is 68.1 Å². The predicted octanol–water partition coefficient (Wildman–Crippen LogP) is 3.46. The highest BCUT2D eigenvalue weighted by Crippen LogP contribution is 2.17. The molecule has 0 radical (unpaired) electrons. The number of nitrogens with zero attached hydrogens (tertiary/aromatic N) is 2. The van der Waals surface area contributed by atoms with Crippen molar-refractivity contribution in [3.8, 4) is 11.5 Å². The fourth-order valence-electron chi connectivity index (χ4n) is 3.55. The molecule has 1 fully saturated rings. The number of likely N-dealkylation sites (tertiary alicyclic amines) is 1. The number of hydrogen-bond donors (Lipinski definition) is 2. The van der Waals surface area contributed by atoms with Gasteiger partial charge in [0.05, 0.1) is 20.2 Å². The van der Waals surface area contributed by atoms with E-state index in [1.807, 2.05) is 60.4 Å². The lowest BCUT2D eigenvalue weighted by molar-refractivity contribution is 0.0724. The summed E-state index contributed by atoms with van der Waals surface area (Å²) in [6, 6.07) is 15.3. The Labute approximate surface area is 190 Å². The second-order valence-electron chi connectivity index (χ2n) is 7.70. The van der Waals surface area contributed by atoms with Gasteiger partial charge < -0.3 is 25.0 Å². The van der Waals surface area contributed by atoms with Crippen LogP contribution in [-0.4, -0.2) is 56.7 Å². The number of nitrogens with one attached hydrogen (secondary N) is 2. The Kier molecular flexibility index (Phi) is 9.22. The van der Waals surface area contributed by atoms with Gasteiger partial charge in [-0.25, -0.2) is 4.99 Å². The number of guanidine groups is 1. The summed E-state index contributed by atoms with van der Waals surface area (Å²) in [4.78, 5) is 19.2. The third-order valence-corrected chi connectivity index (χ3v) is 5.33. The van der Waals surface area contributed by atoms with Crippen molar-refractivity contribution in [2.24, 2.45) is 4.99 Å². The standard InChI is InChI=1S/C25H34N4O3/c1-3-26-25(27-15-18-32-23-13-11-22(31-2)12-14-23)28-19-20-7-9-21(10-8-20)24(30)29-16-5-4-6-17-29/h7-14H,3-6,15-19H2,1-2H3,(H2,26,27,28). The first kappa shape index (κ1) is 23.4. The van der Waals surface area contributed by atoms with Gasteiger partial charge in [0.1, 0.15) is 18.1 Å². The Morgan fingerprint density at radius 2 is 1.66 bits per heavy atom. The van der Waals surface area contributed by atoms with Crippen molar-refractivity contribution < 1.29 is 14.3 Å². The van der Waals surface area contributed by atoms with Crippen LogP contribution < -0.4 is 20.1 Å². The molecular formula is C25H34N4O3. The quantitative estimate of drug-likeness (QED) is 0.356. The van der Waals surface area contributed by atoms with Crippen LogP contribution in [0.2, 0.25) is 0 Å². The number of aliphatic imine (C=N–C) groups is 1. The maximum Gasteiger partial charge on any atom is 0.253 e. The molecule has 1 aliphatic heterocycles. The van der Waals surface area contributed by atoms with E-state index in [0.29, 0.717) is 19.7 Å². The number of benzene rings is 2. The maximum atomic E-state index is 12.6. The van der Waals surface area contributed by atoms with Gasteiger partial charge in [-0.1, -0.05) is 12.1 Å². The second-order valence-corrected chi connectivity index (χ2v) is 7.70. The first-order valence-corrected chi connectivity index (χ1v) is 11.4. The summed E-state index contributed by atoms with van der Waals surface area (Å²) in [7, 11) is 1.64. The number of amides is 1. The number of hydrogen-bond acceptors (Lipinski definition) is 4. The van der Waals surface area contributed by atoms with Crippen LogP contribution >= 0.6 is 0 Å². The van der Waals surface area contributed by atoms with Crippen LogP contribution in [0.5, 0.6) is 11.5 Å². The van der Waals surface area contributed by atoms with Crippen molar-refractivity contribution >= 4 is 11.9 Å². The first-order valence-electron chi connectivity index (χ1n) is 11.4. The molecule has 0 spiro atoms. The van der Waals surface area contributed by atoms with Gasteiger partial charge in [-0.3, -0.25) is 4.79 Å². The molecule has 32 heavy (non-hydrogen) atoms. The van der Waals surface area contributed by atoms with E-state index in [2.05, 4.69) is 15.6 Å². The smallest absolute Gasteiger partial charge is 0.253 e. The van der Waals surface area contributed by atoms with Crippen molar-refractivity contribution in [2.45, 2.75) is 32.7 Å². The predicted molar refractivity (Wildman–Crippen MR) is 128 cm³/mol. The van der Waals surface area contributed by atoms with Crippen LogP contribution in [0.4, 0.5) is 0 Å². The molecule has 0 bridgehead atoms. The molecule has 2 aromatic rings. The normalized spacial score (nSPS) is 14.1. The molecule has 7 nitrogen and oxygen atoms in total. The van der Waals surface area contributed by atoms with Crippen LogP contribution in [0.3, 0.4) is 0 Å². The highest BCUT2D eigenvalue weighted by molar-refractivity contribution is 5.94. The van der Waals surface area contributed by atoms with Gasteiger partial charge in [-0.15, -0.1) is 0 Å². The first-order chi connectivity index (χ1) is 15.7. The average molecular weight is 439 g/mol. The molecule has 1 heterocycles. The van der Waals surface area contributed by atoms with Gasteiger partial charge >= 0.3 is 0 Å². The van der Waals surface area contributed by atoms with E-state index in [1.54, 1.807) is 7.11 Å². The topological polar surface area (TPSA) is 75.2 Å². The van der Waals surface area contributed by atoms with E-state index in [9.17, 15) is 4.79 Å². The zero-order valence-electron chi connectivity index (χ0n) is 19.1. The largest absolute Gasteiger partial charge is 0.497 e. The zero-order chi connectivity index (χ0) is 22.6.